The minimum absolute atomic E-state index is 0.401. The van der Waals surface area contributed by atoms with Gasteiger partial charge in [0.25, 0.3) is 0 Å². The molecule has 1 N–H and O–H groups in total. The first-order valence-corrected chi connectivity index (χ1v) is 10.9. The quantitative estimate of drug-likeness (QED) is 0.414. The zero-order valence-corrected chi connectivity index (χ0v) is 18.1. The number of rotatable bonds is 8. The monoisotopic (exact) mass is 388 g/mol. The zero-order chi connectivity index (χ0) is 20.4. The lowest BCUT2D eigenvalue weighted by Crippen LogP contribution is -2.25. The van der Waals surface area contributed by atoms with E-state index in [1.807, 2.05) is 0 Å². The van der Waals surface area contributed by atoms with E-state index in [-0.39, 0.29) is 0 Å². The maximum Gasteiger partial charge on any atom is 0.0988 e. The molecule has 0 aliphatic rings. The van der Waals surface area contributed by atoms with Crippen LogP contribution in [0.25, 0.3) is 32.8 Å². The fourth-order valence-corrected chi connectivity index (χ4v) is 4.43. The Morgan fingerprint density at radius 2 is 1.69 bits per heavy atom. The lowest BCUT2D eigenvalue weighted by molar-refractivity contribution is 0.295. The minimum atomic E-state index is 0.401. The van der Waals surface area contributed by atoms with E-state index in [1.165, 1.54) is 40.5 Å². The van der Waals surface area contributed by atoms with Gasteiger partial charge in [0.05, 0.1) is 27.8 Å². The van der Waals surface area contributed by atoms with E-state index in [0.717, 1.165) is 30.5 Å². The van der Waals surface area contributed by atoms with E-state index in [4.69, 9.17) is 4.98 Å². The SMILES string of the molecule is CCN(CC)CCC[C@@H](C)Nc1c2ccccc2nc2c3ccccc3n(C)c12. The maximum atomic E-state index is 5.03. The summed E-state index contributed by atoms with van der Waals surface area (Å²) in [4.78, 5) is 7.53. The third-order valence-corrected chi connectivity index (χ3v) is 6.12. The van der Waals surface area contributed by atoms with Crippen molar-refractivity contribution in [1.82, 2.24) is 14.5 Å². The zero-order valence-electron chi connectivity index (χ0n) is 18.1. The molecule has 2 aromatic carbocycles. The highest BCUT2D eigenvalue weighted by Gasteiger charge is 2.17. The fraction of sp³-hybridized carbons (Fsp3) is 0.400. The molecular weight excluding hydrogens is 356 g/mol. The molecule has 0 saturated carbocycles. The summed E-state index contributed by atoms with van der Waals surface area (Å²) in [5.41, 5.74) is 5.76. The number of pyridine rings is 1. The van der Waals surface area contributed by atoms with Crippen LogP contribution in [0.4, 0.5) is 5.69 Å². The summed E-state index contributed by atoms with van der Waals surface area (Å²) in [5.74, 6) is 0. The number of aromatic nitrogens is 2. The molecule has 4 aromatic rings. The predicted octanol–water partition coefficient (Wildman–Crippen LogP) is 5.80. The van der Waals surface area contributed by atoms with Gasteiger partial charge in [-0.15, -0.1) is 0 Å². The number of anilines is 1. The van der Waals surface area contributed by atoms with Crippen molar-refractivity contribution in [2.75, 3.05) is 25.0 Å². The molecule has 4 heteroatoms. The first-order chi connectivity index (χ1) is 14.1. The summed E-state index contributed by atoms with van der Waals surface area (Å²) in [6.45, 7) is 10.2. The number of hydrogen-bond donors (Lipinski definition) is 1. The van der Waals surface area contributed by atoms with Gasteiger partial charge in [0.2, 0.25) is 0 Å². The Labute approximate surface area is 173 Å². The number of nitrogens with one attached hydrogen (secondary N) is 1. The molecular formula is C25H32N4. The van der Waals surface area contributed by atoms with Crippen LogP contribution in [0.15, 0.2) is 48.5 Å². The predicted molar refractivity (Wildman–Crippen MR) is 126 cm³/mol. The average Bonchev–Trinajstić information content (AvgIpc) is 3.03. The van der Waals surface area contributed by atoms with Crippen LogP contribution in [0.5, 0.6) is 0 Å². The Kier molecular flexibility index (Phi) is 5.72. The highest BCUT2D eigenvalue weighted by Crippen LogP contribution is 2.36. The van der Waals surface area contributed by atoms with Crippen molar-refractivity contribution in [1.29, 1.82) is 0 Å². The third-order valence-electron chi connectivity index (χ3n) is 6.12. The smallest absolute Gasteiger partial charge is 0.0988 e. The lowest BCUT2D eigenvalue weighted by Gasteiger charge is -2.21. The van der Waals surface area contributed by atoms with E-state index in [2.05, 4.69) is 91.1 Å². The number of hydrogen-bond acceptors (Lipinski definition) is 3. The number of fused-ring (bicyclic) bond motifs is 4. The fourth-order valence-electron chi connectivity index (χ4n) is 4.43. The minimum Gasteiger partial charge on any atom is -0.380 e. The van der Waals surface area contributed by atoms with E-state index in [1.54, 1.807) is 0 Å². The van der Waals surface area contributed by atoms with Crippen molar-refractivity contribution in [3.63, 3.8) is 0 Å². The molecule has 0 aliphatic heterocycles. The van der Waals surface area contributed by atoms with Gasteiger partial charge in [0.1, 0.15) is 0 Å². The van der Waals surface area contributed by atoms with Crippen LogP contribution in [-0.2, 0) is 7.05 Å². The average molecular weight is 389 g/mol. The molecule has 152 valence electrons. The molecule has 2 aromatic heterocycles. The molecule has 0 saturated heterocycles. The molecule has 1 atom stereocenters. The van der Waals surface area contributed by atoms with Crippen LogP contribution in [0, 0.1) is 0 Å². The van der Waals surface area contributed by atoms with Crippen molar-refractivity contribution in [2.45, 2.75) is 39.7 Å². The number of benzene rings is 2. The molecule has 0 amide bonds. The van der Waals surface area contributed by atoms with Gasteiger partial charge in [-0.05, 0) is 51.5 Å². The van der Waals surface area contributed by atoms with Gasteiger partial charge in [-0.1, -0.05) is 50.2 Å². The standard InChI is InChI=1S/C25H32N4/c1-5-29(6-2)17-11-12-18(3)26-23-19-13-7-9-15-21(19)27-24-20-14-8-10-16-22(20)28(4)25(23)24/h7-10,13-16,18H,5-6,11-12,17H2,1-4H3,(H,26,27)/t18-/m1/s1. The van der Waals surface area contributed by atoms with Crippen LogP contribution in [-0.4, -0.2) is 40.1 Å². The molecule has 0 bridgehead atoms. The Morgan fingerprint density at radius 1 is 1.00 bits per heavy atom. The second-order valence-corrected chi connectivity index (χ2v) is 7.99. The number of nitrogens with zero attached hydrogens (tertiary/aromatic N) is 3. The second-order valence-electron chi connectivity index (χ2n) is 7.99. The highest BCUT2D eigenvalue weighted by atomic mass is 15.1. The van der Waals surface area contributed by atoms with Crippen LogP contribution >= 0.6 is 0 Å². The van der Waals surface area contributed by atoms with Gasteiger partial charge >= 0.3 is 0 Å². The molecule has 0 spiro atoms. The van der Waals surface area contributed by atoms with Crippen molar-refractivity contribution in [3.05, 3.63) is 48.5 Å². The van der Waals surface area contributed by atoms with E-state index >= 15 is 0 Å². The molecule has 29 heavy (non-hydrogen) atoms. The van der Waals surface area contributed by atoms with Gasteiger partial charge in [0, 0.05) is 23.9 Å². The van der Waals surface area contributed by atoms with Crippen molar-refractivity contribution in [3.8, 4) is 0 Å². The molecule has 4 nitrogen and oxygen atoms in total. The first-order valence-electron chi connectivity index (χ1n) is 10.9. The Balaban J connectivity index is 1.73. The summed E-state index contributed by atoms with van der Waals surface area (Å²) in [7, 11) is 2.15. The summed E-state index contributed by atoms with van der Waals surface area (Å²) >= 11 is 0. The number of aryl methyl sites for hydroxylation is 1. The summed E-state index contributed by atoms with van der Waals surface area (Å²) in [6, 6.07) is 17.4. The molecule has 0 radical (unpaired) electrons. The van der Waals surface area contributed by atoms with Crippen LogP contribution in [0.2, 0.25) is 0 Å². The molecule has 0 fully saturated rings. The van der Waals surface area contributed by atoms with Crippen molar-refractivity contribution >= 4 is 38.5 Å². The molecule has 2 heterocycles. The third kappa shape index (κ3) is 3.69. The van der Waals surface area contributed by atoms with Crippen LogP contribution in [0.3, 0.4) is 0 Å². The summed E-state index contributed by atoms with van der Waals surface area (Å²) in [6.07, 6.45) is 2.36. The van der Waals surface area contributed by atoms with Gasteiger partial charge in [0.15, 0.2) is 0 Å². The van der Waals surface area contributed by atoms with Gasteiger partial charge in [-0.2, -0.15) is 0 Å². The van der Waals surface area contributed by atoms with Crippen molar-refractivity contribution < 1.29 is 0 Å². The first kappa shape index (κ1) is 19.7. The summed E-state index contributed by atoms with van der Waals surface area (Å²) < 4.78 is 2.29. The van der Waals surface area contributed by atoms with E-state index in [0.29, 0.717) is 6.04 Å². The molecule has 4 rings (SSSR count). The topological polar surface area (TPSA) is 33.1 Å². The largest absolute Gasteiger partial charge is 0.380 e. The van der Waals surface area contributed by atoms with E-state index in [9.17, 15) is 0 Å². The van der Waals surface area contributed by atoms with E-state index < -0.39 is 0 Å². The maximum absolute atomic E-state index is 5.03. The lowest BCUT2D eigenvalue weighted by atomic mass is 10.1. The Bertz CT molecular complexity index is 1120. The molecule has 0 aliphatic carbocycles. The Hall–Kier alpha value is -2.59. The number of para-hydroxylation sites is 2. The van der Waals surface area contributed by atoms with Crippen LogP contribution in [0.1, 0.15) is 33.6 Å². The highest BCUT2D eigenvalue weighted by molar-refractivity contribution is 6.16. The Morgan fingerprint density at radius 3 is 2.45 bits per heavy atom. The van der Waals surface area contributed by atoms with Crippen LogP contribution < -0.4 is 5.32 Å². The van der Waals surface area contributed by atoms with Gasteiger partial charge < -0.3 is 14.8 Å². The normalized spacial score (nSPS) is 13.0. The van der Waals surface area contributed by atoms with Gasteiger partial charge in [-0.3, -0.25) is 0 Å². The van der Waals surface area contributed by atoms with Crippen molar-refractivity contribution in [2.24, 2.45) is 7.05 Å². The molecule has 0 unspecified atom stereocenters. The second kappa shape index (κ2) is 8.42. The van der Waals surface area contributed by atoms with Gasteiger partial charge in [-0.25, -0.2) is 4.98 Å². The summed E-state index contributed by atoms with van der Waals surface area (Å²) in [5, 5.41) is 6.27.